The lowest BCUT2D eigenvalue weighted by atomic mass is 10.0. The minimum absolute atomic E-state index is 0.0317. The highest BCUT2D eigenvalue weighted by Crippen LogP contribution is 2.13. The highest BCUT2D eigenvalue weighted by atomic mass is 16.5. The Morgan fingerprint density at radius 3 is 1.03 bits per heavy atom. The second-order valence-corrected chi connectivity index (χ2v) is 5.82. The number of aliphatic hydroxyl groups excluding tert-OH is 11. The first kappa shape index (κ1) is 30.1. The van der Waals surface area contributed by atoms with E-state index in [1.807, 2.05) is 0 Å². The summed E-state index contributed by atoms with van der Waals surface area (Å²) in [5.41, 5.74) is 0. The van der Waals surface area contributed by atoms with Crippen molar-refractivity contribution in [3.63, 3.8) is 0 Å². The Kier molecular flexibility index (Phi) is 17.2. The van der Waals surface area contributed by atoms with Crippen LogP contribution in [0, 0.1) is 0 Å². The van der Waals surface area contributed by atoms with Gasteiger partial charge in [-0.1, -0.05) is 0 Å². The fourth-order valence-corrected chi connectivity index (χ4v) is 1.69. The lowest BCUT2D eigenvalue weighted by molar-refractivity contribution is -0.180. The van der Waals surface area contributed by atoms with Crippen LogP contribution in [0.1, 0.15) is 0 Å². The van der Waals surface area contributed by atoms with E-state index < -0.39 is 68.1 Å². The number of aliphatic hydroxyl groups is 11. The number of carbonyl (C=O) groups excluding carboxylic acids is 2. The molecule has 0 aliphatic heterocycles. The van der Waals surface area contributed by atoms with E-state index in [2.05, 4.69) is 0 Å². The second-order valence-electron chi connectivity index (χ2n) is 5.82. The number of carbonyl (C=O) groups is 2. The molecule has 0 aliphatic carbocycles. The maximum atomic E-state index is 10.9. The molecule has 8 atom stereocenters. The minimum atomic E-state index is -2.05. The van der Waals surface area contributed by atoms with Crippen LogP contribution in [0.4, 0.5) is 0 Å². The van der Waals surface area contributed by atoms with Crippen LogP contribution >= 0.6 is 0 Å². The van der Waals surface area contributed by atoms with Gasteiger partial charge in [-0.25, -0.2) is 0 Å². The molecule has 11 N–H and O–H groups in total. The van der Waals surface area contributed by atoms with Crippen LogP contribution < -0.4 is 0 Å². The van der Waals surface area contributed by atoms with Gasteiger partial charge in [0.25, 0.3) is 0 Å². The highest BCUT2D eigenvalue weighted by molar-refractivity contribution is 5.61. The monoisotopic (exact) mass is 434 g/mol. The van der Waals surface area contributed by atoms with Crippen LogP contribution in [-0.2, 0) is 14.3 Å². The van der Waals surface area contributed by atoms with Gasteiger partial charge in [-0.15, -0.1) is 0 Å². The molecule has 14 nitrogen and oxygen atoms in total. The summed E-state index contributed by atoms with van der Waals surface area (Å²) in [6, 6.07) is 0. The van der Waals surface area contributed by atoms with Gasteiger partial charge in [0.05, 0.1) is 26.4 Å². The molecule has 0 saturated heterocycles. The zero-order valence-electron chi connectivity index (χ0n) is 15.3. The number of rotatable bonds is 14. The third-order valence-corrected chi connectivity index (χ3v) is 3.54. The van der Waals surface area contributed by atoms with Crippen LogP contribution in [0.5, 0.6) is 0 Å². The largest absolute Gasteiger partial charge is 0.394 e. The number of aldehydes is 2. The van der Waals surface area contributed by atoms with Crippen molar-refractivity contribution in [3.8, 4) is 0 Å². The van der Waals surface area contributed by atoms with Crippen molar-refractivity contribution >= 4 is 12.6 Å². The molecule has 0 fully saturated rings. The molecule has 0 aromatic heterocycles. The smallest absolute Gasteiger partial charge is 0.151 e. The van der Waals surface area contributed by atoms with Gasteiger partial charge >= 0.3 is 0 Å². The molecule has 0 aromatic rings. The molecule has 174 valence electrons. The topological polar surface area (TPSA) is 266 Å². The Morgan fingerprint density at radius 2 is 0.862 bits per heavy atom. The van der Waals surface area contributed by atoms with Crippen molar-refractivity contribution in [3.05, 3.63) is 0 Å². The summed E-state index contributed by atoms with van der Waals surface area (Å²) in [6.45, 7) is -2.58. The molecule has 0 aliphatic rings. The highest BCUT2D eigenvalue weighted by Gasteiger charge is 2.37. The molecule has 0 rings (SSSR count). The lowest BCUT2D eigenvalue weighted by Gasteiger charge is -2.30. The van der Waals surface area contributed by atoms with Crippen molar-refractivity contribution < 1.29 is 70.5 Å². The fourth-order valence-electron chi connectivity index (χ4n) is 1.69. The quantitative estimate of drug-likeness (QED) is 0.113. The molecule has 0 radical (unpaired) electrons. The molecular weight excluding hydrogens is 404 g/mol. The molecular formula is C15H30O14. The van der Waals surface area contributed by atoms with E-state index in [0.717, 1.165) is 0 Å². The van der Waals surface area contributed by atoms with Crippen molar-refractivity contribution in [2.45, 2.75) is 54.9 Å². The van der Waals surface area contributed by atoms with E-state index in [4.69, 9.17) is 30.3 Å². The van der Waals surface area contributed by atoms with E-state index in [1.165, 1.54) is 0 Å². The first-order valence-electron chi connectivity index (χ1n) is 8.31. The van der Waals surface area contributed by atoms with Gasteiger partial charge in [0.2, 0.25) is 0 Å². The maximum absolute atomic E-state index is 10.9. The van der Waals surface area contributed by atoms with Gasteiger partial charge in [0.15, 0.2) is 12.6 Å². The third kappa shape index (κ3) is 11.0. The molecule has 29 heavy (non-hydrogen) atoms. The summed E-state index contributed by atoms with van der Waals surface area (Å²) in [5, 5.41) is 98.0. The van der Waals surface area contributed by atoms with E-state index in [-0.39, 0.29) is 25.8 Å². The SMILES string of the molecule is O=C[C@H](O[C@@H](C=O)[C@@H](O)[C@H](O)[C@H](O)CO)[C@@H](O)[C@H](O)[C@H](O)CO.OCC(O)CO. The summed E-state index contributed by atoms with van der Waals surface area (Å²) in [6.07, 6.45) is -16.5. The molecule has 0 spiro atoms. The number of hydrogen-bond donors (Lipinski definition) is 11. The Hall–Kier alpha value is -1.14. The summed E-state index contributed by atoms with van der Waals surface area (Å²) >= 11 is 0. The Bertz CT molecular complexity index is 388. The maximum Gasteiger partial charge on any atom is 0.151 e. The molecule has 0 bridgehead atoms. The summed E-state index contributed by atoms with van der Waals surface area (Å²) < 4.78 is 4.76. The zero-order chi connectivity index (χ0) is 23.1. The molecule has 0 heterocycles. The average Bonchev–Trinajstić information content (AvgIpc) is 2.76. The summed E-state index contributed by atoms with van der Waals surface area (Å²) in [7, 11) is 0. The fraction of sp³-hybridized carbons (Fsp3) is 0.867. The van der Waals surface area contributed by atoms with Gasteiger partial charge in [0, 0.05) is 0 Å². The predicted octanol–water partition coefficient (Wildman–Crippen LogP) is -7.38. The van der Waals surface area contributed by atoms with Crippen molar-refractivity contribution in [2.75, 3.05) is 26.4 Å². The normalized spacial score (nSPS) is 19.7. The Balaban J connectivity index is 0. The standard InChI is InChI=1S/C12H22O11.C3H8O3/c13-1-5(17)9(19)11(21)7(3-15)23-8(4-16)12(22)10(20)6(18)2-14;4-1-3(6)2-5/h3-14,17-22H,1-2H2;3-6H,1-2H2/t5-,6-,7+,8+,9-,10-,11-,12-;/m1./s1. The summed E-state index contributed by atoms with van der Waals surface area (Å²) in [5.74, 6) is 0. The van der Waals surface area contributed by atoms with E-state index >= 15 is 0 Å². The first-order chi connectivity index (χ1) is 13.6. The van der Waals surface area contributed by atoms with Crippen LogP contribution in [0.2, 0.25) is 0 Å². The molecule has 14 heteroatoms. The Morgan fingerprint density at radius 1 is 0.552 bits per heavy atom. The van der Waals surface area contributed by atoms with Crippen LogP contribution in [0.3, 0.4) is 0 Å². The van der Waals surface area contributed by atoms with E-state index in [9.17, 15) is 40.2 Å². The van der Waals surface area contributed by atoms with Crippen molar-refractivity contribution in [2.24, 2.45) is 0 Å². The van der Waals surface area contributed by atoms with Crippen molar-refractivity contribution in [1.82, 2.24) is 0 Å². The van der Waals surface area contributed by atoms with E-state index in [1.54, 1.807) is 0 Å². The number of hydrogen-bond acceptors (Lipinski definition) is 14. The average molecular weight is 434 g/mol. The van der Waals surface area contributed by atoms with Crippen molar-refractivity contribution in [1.29, 1.82) is 0 Å². The summed E-state index contributed by atoms with van der Waals surface area (Å²) in [4.78, 5) is 21.8. The minimum Gasteiger partial charge on any atom is -0.394 e. The molecule has 0 amide bonds. The first-order valence-corrected chi connectivity index (χ1v) is 8.31. The molecule has 0 unspecified atom stereocenters. The zero-order valence-corrected chi connectivity index (χ0v) is 15.3. The number of ether oxygens (including phenoxy) is 1. The van der Waals surface area contributed by atoms with Crippen LogP contribution in [-0.4, -0.2) is 150 Å². The third-order valence-electron chi connectivity index (χ3n) is 3.54. The molecule has 0 saturated carbocycles. The predicted molar refractivity (Wildman–Crippen MR) is 91.2 cm³/mol. The van der Waals surface area contributed by atoms with E-state index in [0.29, 0.717) is 0 Å². The van der Waals surface area contributed by atoms with Gasteiger partial charge in [0.1, 0.15) is 54.9 Å². The van der Waals surface area contributed by atoms with Gasteiger partial charge in [-0.05, 0) is 0 Å². The van der Waals surface area contributed by atoms with Gasteiger partial charge in [-0.3, -0.25) is 0 Å². The van der Waals surface area contributed by atoms with Crippen LogP contribution in [0.15, 0.2) is 0 Å². The van der Waals surface area contributed by atoms with Gasteiger partial charge < -0.3 is 70.5 Å². The molecule has 0 aromatic carbocycles. The van der Waals surface area contributed by atoms with Crippen LogP contribution in [0.25, 0.3) is 0 Å². The second kappa shape index (κ2) is 16.6. The van der Waals surface area contributed by atoms with Gasteiger partial charge in [-0.2, -0.15) is 0 Å². The Labute approximate surface area is 165 Å². The lowest BCUT2D eigenvalue weighted by Crippen LogP contribution is -2.52.